The zero-order valence-corrected chi connectivity index (χ0v) is 12.7. The van der Waals surface area contributed by atoms with Gasteiger partial charge in [0, 0.05) is 25.3 Å². The molecule has 0 aliphatic rings. The van der Waals surface area contributed by atoms with E-state index in [1.54, 1.807) is 20.8 Å². The number of carbonyl (C=O) groups is 1. The summed E-state index contributed by atoms with van der Waals surface area (Å²) in [6.07, 6.45) is 2.86. The van der Waals surface area contributed by atoms with Gasteiger partial charge in [-0.25, -0.2) is 13.2 Å². The van der Waals surface area contributed by atoms with Crippen molar-refractivity contribution in [2.45, 2.75) is 38.3 Å². The average molecular weight is 300 g/mol. The zero-order chi connectivity index (χ0) is 15.5. The number of hydrogen-bond donors (Lipinski definition) is 1. The first-order valence-electron chi connectivity index (χ1n) is 6.31. The standard InChI is InChI=1S/C13H20N2O4S/c1-5-7-15(10(3)4)20(18,19)11-8-12(13(16)17)14(6-2)9-11/h5,8-10H,1,6-7H2,2-4H3,(H,16,17). The predicted molar refractivity (Wildman–Crippen MR) is 76.3 cm³/mol. The lowest BCUT2D eigenvalue weighted by molar-refractivity contribution is 0.0685. The van der Waals surface area contributed by atoms with Gasteiger partial charge in [0.1, 0.15) is 10.6 Å². The summed E-state index contributed by atoms with van der Waals surface area (Å²) in [6, 6.07) is 0.955. The van der Waals surface area contributed by atoms with Gasteiger partial charge in [0.05, 0.1) is 0 Å². The predicted octanol–water partition coefficient (Wildman–Crippen LogP) is 1.79. The lowest BCUT2D eigenvalue weighted by atomic mass is 10.4. The topological polar surface area (TPSA) is 79.6 Å². The fourth-order valence-corrected chi connectivity index (χ4v) is 3.56. The number of aryl methyl sites for hydroxylation is 1. The van der Waals surface area contributed by atoms with Crippen LogP contribution < -0.4 is 0 Å². The second-order valence-corrected chi connectivity index (χ2v) is 6.50. The maximum atomic E-state index is 12.5. The number of aromatic nitrogens is 1. The van der Waals surface area contributed by atoms with Crippen LogP contribution in [0.5, 0.6) is 0 Å². The van der Waals surface area contributed by atoms with E-state index in [1.165, 1.54) is 27.2 Å². The van der Waals surface area contributed by atoms with Crippen LogP contribution in [-0.2, 0) is 16.6 Å². The number of carboxylic acids is 1. The lowest BCUT2D eigenvalue weighted by Gasteiger charge is -2.23. The smallest absolute Gasteiger partial charge is 0.352 e. The van der Waals surface area contributed by atoms with E-state index in [0.717, 1.165) is 0 Å². The molecule has 6 nitrogen and oxygen atoms in total. The summed E-state index contributed by atoms with van der Waals surface area (Å²) in [5.74, 6) is -1.15. The molecular formula is C13H20N2O4S. The highest BCUT2D eigenvalue weighted by molar-refractivity contribution is 7.89. The highest BCUT2D eigenvalue weighted by atomic mass is 32.2. The quantitative estimate of drug-likeness (QED) is 0.779. The van der Waals surface area contributed by atoms with Crippen molar-refractivity contribution in [2.75, 3.05) is 6.54 Å². The molecule has 0 saturated heterocycles. The normalized spacial score (nSPS) is 12.1. The molecule has 0 spiro atoms. The Hall–Kier alpha value is -1.60. The number of carboxylic acid groups (broad SMARTS) is 1. The van der Waals surface area contributed by atoms with E-state index in [1.807, 2.05) is 0 Å². The number of aromatic carboxylic acids is 1. The summed E-state index contributed by atoms with van der Waals surface area (Å²) in [7, 11) is -3.73. The molecule has 112 valence electrons. The van der Waals surface area contributed by atoms with Crippen LogP contribution >= 0.6 is 0 Å². The Balaban J connectivity index is 3.34. The van der Waals surface area contributed by atoms with Crippen LogP contribution in [0.2, 0.25) is 0 Å². The summed E-state index contributed by atoms with van der Waals surface area (Å²) in [6.45, 7) is 9.40. The first-order valence-corrected chi connectivity index (χ1v) is 7.75. The van der Waals surface area contributed by atoms with Crippen LogP contribution in [0.3, 0.4) is 0 Å². The number of nitrogens with zero attached hydrogens (tertiary/aromatic N) is 2. The van der Waals surface area contributed by atoms with E-state index in [9.17, 15) is 13.2 Å². The van der Waals surface area contributed by atoms with Gasteiger partial charge in [0.15, 0.2) is 0 Å². The molecule has 0 aromatic carbocycles. The third kappa shape index (κ3) is 3.10. The minimum atomic E-state index is -3.73. The molecule has 1 N–H and O–H groups in total. The van der Waals surface area contributed by atoms with E-state index in [4.69, 9.17) is 5.11 Å². The molecule has 0 amide bonds. The van der Waals surface area contributed by atoms with E-state index >= 15 is 0 Å². The van der Waals surface area contributed by atoms with E-state index in [-0.39, 0.29) is 23.2 Å². The van der Waals surface area contributed by atoms with Crippen molar-refractivity contribution >= 4 is 16.0 Å². The maximum absolute atomic E-state index is 12.5. The first-order chi connectivity index (χ1) is 9.25. The Kier molecular flexibility index (Phi) is 5.13. The van der Waals surface area contributed by atoms with Crippen LogP contribution in [0.1, 0.15) is 31.3 Å². The number of sulfonamides is 1. The number of hydrogen-bond acceptors (Lipinski definition) is 3. The molecule has 0 saturated carbocycles. The van der Waals surface area contributed by atoms with Gasteiger partial charge < -0.3 is 9.67 Å². The molecule has 7 heteroatoms. The minimum Gasteiger partial charge on any atom is -0.477 e. The van der Waals surface area contributed by atoms with Crippen molar-refractivity contribution in [2.24, 2.45) is 0 Å². The summed E-state index contributed by atoms with van der Waals surface area (Å²) in [5, 5.41) is 9.08. The Labute approximate surface area is 119 Å². The van der Waals surface area contributed by atoms with Crippen LogP contribution in [0.15, 0.2) is 29.8 Å². The second kappa shape index (κ2) is 6.23. The molecule has 20 heavy (non-hydrogen) atoms. The van der Waals surface area contributed by atoms with E-state index in [2.05, 4.69) is 6.58 Å². The van der Waals surface area contributed by atoms with Gasteiger partial charge in [0.2, 0.25) is 10.0 Å². The molecule has 0 aliphatic carbocycles. The van der Waals surface area contributed by atoms with Gasteiger partial charge >= 0.3 is 5.97 Å². The number of rotatable bonds is 7. The average Bonchev–Trinajstić information content (AvgIpc) is 2.80. The Morgan fingerprint density at radius 3 is 2.50 bits per heavy atom. The van der Waals surface area contributed by atoms with Crippen LogP contribution in [-0.4, -0.2) is 41.0 Å². The molecule has 1 heterocycles. The summed E-state index contributed by atoms with van der Waals surface area (Å²) >= 11 is 0. The van der Waals surface area contributed by atoms with Crippen molar-refractivity contribution in [3.8, 4) is 0 Å². The molecule has 0 radical (unpaired) electrons. The molecular weight excluding hydrogens is 280 g/mol. The van der Waals surface area contributed by atoms with Gasteiger partial charge in [-0.3, -0.25) is 0 Å². The third-order valence-corrected chi connectivity index (χ3v) is 4.93. The second-order valence-electron chi connectivity index (χ2n) is 4.61. The van der Waals surface area contributed by atoms with Crippen molar-refractivity contribution < 1.29 is 18.3 Å². The van der Waals surface area contributed by atoms with E-state index in [0.29, 0.717) is 6.54 Å². The molecule has 0 bridgehead atoms. The highest BCUT2D eigenvalue weighted by Gasteiger charge is 2.28. The third-order valence-electron chi connectivity index (χ3n) is 2.92. The molecule has 1 aromatic heterocycles. The van der Waals surface area contributed by atoms with Crippen LogP contribution in [0.25, 0.3) is 0 Å². The molecule has 0 aliphatic heterocycles. The Morgan fingerprint density at radius 2 is 2.15 bits per heavy atom. The Bertz CT molecular complexity index is 602. The van der Waals surface area contributed by atoms with E-state index < -0.39 is 16.0 Å². The first kappa shape index (κ1) is 16.5. The summed E-state index contributed by atoms with van der Waals surface area (Å²) in [4.78, 5) is 11.1. The van der Waals surface area contributed by atoms with Crippen molar-refractivity contribution in [3.63, 3.8) is 0 Å². The maximum Gasteiger partial charge on any atom is 0.352 e. The van der Waals surface area contributed by atoms with Crippen molar-refractivity contribution in [1.82, 2.24) is 8.87 Å². The van der Waals surface area contributed by atoms with Crippen molar-refractivity contribution in [1.29, 1.82) is 0 Å². The fourth-order valence-electron chi connectivity index (χ4n) is 1.91. The highest BCUT2D eigenvalue weighted by Crippen LogP contribution is 2.21. The van der Waals surface area contributed by atoms with Gasteiger partial charge in [-0.05, 0) is 26.8 Å². The molecule has 0 unspecified atom stereocenters. The van der Waals surface area contributed by atoms with Gasteiger partial charge in [-0.1, -0.05) is 6.08 Å². The lowest BCUT2D eigenvalue weighted by Crippen LogP contribution is -2.36. The van der Waals surface area contributed by atoms with Crippen LogP contribution in [0, 0.1) is 0 Å². The van der Waals surface area contributed by atoms with Gasteiger partial charge in [-0.2, -0.15) is 4.31 Å². The summed E-state index contributed by atoms with van der Waals surface area (Å²) in [5.41, 5.74) is -0.0339. The Morgan fingerprint density at radius 1 is 1.55 bits per heavy atom. The molecule has 0 atom stereocenters. The fraction of sp³-hybridized carbons (Fsp3) is 0.462. The molecule has 1 aromatic rings. The molecule has 1 rings (SSSR count). The van der Waals surface area contributed by atoms with Crippen LogP contribution in [0.4, 0.5) is 0 Å². The van der Waals surface area contributed by atoms with Crippen molar-refractivity contribution in [3.05, 3.63) is 30.6 Å². The zero-order valence-electron chi connectivity index (χ0n) is 11.9. The van der Waals surface area contributed by atoms with Gasteiger partial charge in [0.25, 0.3) is 0 Å². The summed E-state index contributed by atoms with van der Waals surface area (Å²) < 4.78 is 27.8. The minimum absolute atomic E-state index is 0.00713. The molecule has 0 fully saturated rings. The van der Waals surface area contributed by atoms with Gasteiger partial charge in [-0.15, -0.1) is 6.58 Å². The monoisotopic (exact) mass is 300 g/mol. The largest absolute Gasteiger partial charge is 0.477 e. The SMILES string of the molecule is C=CCN(C(C)C)S(=O)(=O)c1cc(C(=O)O)n(CC)c1.